The van der Waals surface area contributed by atoms with Crippen molar-refractivity contribution in [2.24, 2.45) is 0 Å². The van der Waals surface area contributed by atoms with Crippen molar-refractivity contribution in [2.45, 2.75) is 38.7 Å². The van der Waals surface area contributed by atoms with Gasteiger partial charge in [-0.15, -0.1) is 11.3 Å². The summed E-state index contributed by atoms with van der Waals surface area (Å²) in [7, 11) is 1.47. The van der Waals surface area contributed by atoms with Crippen molar-refractivity contribution in [3.05, 3.63) is 73.8 Å². The molecule has 1 atom stereocenters. The maximum absolute atomic E-state index is 12.7. The second-order valence-corrected chi connectivity index (χ2v) is 9.71. The lowest BCUT2D eigenvalue weighted by atomic mass is 10.1. The number of ketones is 1. The number of carbonyl (C=O) groups is 2. The standard InChI is InChI=1S/C25H25ClN2O5S/c1-3-5-16-14-17(7-9-19(16)27-13-4-6-21(32-2)24(27)30)28-15-18(33-25(28)31)8-10-20(29)22-11-12-23(26)34-22/h4,6-7,9,11-14,18H,3,5,8,10,15H2,1-2H3/t18-/m0/s1. The summed E-state index contributed by atoms with van der Waals surface area (Å²) in [4.78, 5) is 39.9. The number of pyridine rings is 1. The largest absolute Gasteiger partial charge is 0.491 e. The first-order valence-electron chi connectivity index (χ1n) is 11.1. The molecule has 3 aromatic rings. The topological polar surface area (TPSA) is 77.8 Å². The predicted molar refractivity (Wildman–Crippen MR) is 133 cm³/mol. The normalized spacial score (nSPS) is 15.4. The molecule has 0 spiro atoms. The zero-order valence-corrected chi connectivity index (χ0v) is 20.5. The van der Waals surface area contributed by atoms with Gasteiger partial charge >= 0.3 is 6.09 Å². The van der Waals surface area contributed by atoms with Crippen LogP contribution in [0.2, 0.25) is 4.34 Å². The number of rotatable bonds is 9. The van der Waals surface area contributed by atoms with Crippen LogP contribution >= 0.6 is 22.9 Å². The molecule has 7 nitrogen and oxygen atoms in total. The third-order valence-electron chi connectivity index (χ3n) is 5.70. The van der Waals surface area contributed by atoms with Crippen LogP contribution in [0.15, 0.2) is 53.5 Å². The molecule has 0 bridgehead atoms. The monoisotopic (exact) mass is 500 g/mol. The number of amides is 1. The molecule has 0 N–H and O–H groups in total. The fourth-order valence-electron chi connectivity index (χ4n) is 4.03. The molecule has 1 aliphatic heterocycles. The van der Waals surface area contributed by atoms with Crippen LogP contribution in [0.1, 0.15) is 41.4 Å². The van der Waals surface area contributed by atoms with Gasteiger partial charge in [0.15, 0.2) is 11.5 Å². The number of methoxy groups -OCH3 is 1. The van der Waals surface area contributed by atoms with Crippen molar-refractivity contribution < 1.29 is 19.1 Å². The SMILES string of the molecule is CCCc1cc(N2C[C@H](CCC(=O)c3ccc(Cl)s3)OC2=O)ccc1-n1cccc(OC)c1=O. The Morgan fingerprint density at radius 1 is 1.24 bits per heavy atom. The minimum Gasteiger partial charge on any atom is -0.491 e. The molecule has 1 aromatic carbocycles. The average Bonchev–Trinajstić information content (AvgIpc) is 3.43. The number of ether oxygens (including phenoxy) is 2. The zero-order chi connectivity index (χ0) is 24.2. The first kappa shape index (κ1) is 24.0. The maximum atomic E-state index is 12.7. The average molecular weight is 501 g/mol. The summed E-state index contributed by atoms with van der Waals surface area (Å²) in [5.41, 5.74) is 2.15. The Hall–Kier alpha value is -3.10. The number of benzene rings is 1. The summed E-state index contributed by atoms with van der Waals surface area (Å²) in [6.07, 6.45) is 3.22. The van der Waals surface area contributed by atoms with Crippen LogP contribution in [0.5, 0.6) is 5.75 Å². The lowest BCUT2D eigenvalue weighted by Crippen LogP contribution is -2.25. The Labute approximate surface area is 206 Å². The van der Waals surface area contributed by atoms with Gasteiger partial charge in [-0.3, -0.25) is 19.1 Å². The molecule has 9 heteroatoms. The molecular formula is C25H25ClN2O5S. The number of Topliss-reactive ketones (excluding diaryl/α,β-unsaturated/α-hetero) is 1. The number of thiophene rings is 1. The molecule has 4 rings (SSSR count). The second kappa shape index (κ2) is 10.4. The molecule has 34 heavy (non-hydrogen) atoms. The molecule has 0 unspecified atom stereocenters. The van der Waals surface area contributed by atoms with Crippen LogP contribution in [-0.4, -0.2) is 36.2 Å². The van der Waals surface area contributed by atoms with E-state index in [1.165, 1.54) is 18.4 Å². The van der Waals surface area contributed by atoms with Gasteiger partial charge in [-0.25, -0.2) is 4.79 Å². The molecule has 0 saturated carbocycles. The van der Waals surface area contributed by atoms with Crippen LogP contribution < -0.4 is 15.2 Å². The number of anilines is 1. The Morgan fingerprint density at radius 3 is 2.76 bits per heavy atom. The zero-order valence-electron chi connectivity index (χ0n) is 19.0. The number of halogens is 1. The van der Waals surface area contributed by atoms with Gasteiger partial charge < -0.3 is 9.47 Å². The van der Waals surface area contributed by atoms with E-state index in [2.05, 4.69) is 6.92 Å². The summed E-state index contributed by atoms with van der Waals surface area (Å²) in [6.45, 7) is 2.42. The number of hydrogen-bond donors (Lipinski definition) is 0. The summed E-state index contributed by atoms with van der Waals surface area (Å²) in [5, 5.41) is 0. The van der Waals surface area contributed by atoms with E-state index in [0.717, 1.165) is 24.1 Å². The summed E-state index contributed by atoms with van der Waals surface area (Å²) in [5.74, 6) is 0.254. The number of cyclic esters (lactones) is 1. The van der Waals surface area contributed by atoms with E-state index in [-0.39, 0.29) is 29.6 Å². The molecule has 2 aromatic heterocycles. The Bertz CT molecular complexity index is 1270. The van der Waals surface area contributed by atoms with Gasteiger partial charge in [0.2, 0.25) is 0 Å². The summed E-state index contributed by atoms with van der Waals surface area (Å²) >= 11 is 7.16. The summed E-state index contributed by atoms with van der Waals surface area (Å²) < 4.78 is 12.8. The van der Waals surface area contributed by atoms with E-state index >= 15 is 0 Å². The first-order chi connectivity index (χ1) is 16.4. The van der Waals surface area contributed by atoms with Gasteiger partial charge in [0.05, 0.1) is 28.6 Å². The molecule has 1 fully saturated rings. The van der Waals surface area contributed by atoms with Crippen LogP contribution in [0, 0.1) is 0 Å². The Balaban J connectivity index is 1.51. The maximum Gasteiger partial charge on any atom is 0.414 e. The van der Waals surface area contributed by atoms with Crippen molar-refractivity contribution >= 4 is 40.5 Å². The van der Waals surface area contributed by atoms with E-state index < -0.39 is 6.09 Å². The van der Waals surface area contributed by atoms with Gasteiger partial charge in [-0.2, -0.15) is 0 Å². The molecule has 0 radical (unpaired) electrons. The van der Waals surface area contributed by atoms with Crippen molar-refractivity contribution in [3.63, 3.8) is 0 Å². The third kappa shape index (κ3) is 5.03. The lowest BCUT2D eigenvalue weighted by molar-refractivity contribution is 0.0943. The van der Waals surface area contributed by atoms with E-state index in [4.69, 9.17) is 21.1 Å². The molecule has 3 heterocycles. The fraction of sp³-hybridized carbons (Fsp3) is 0.320. The number of hydrogen-bond acceptors (Lipinski definition) is 6. The first-order valence-corrected chi connectivity index (χ1v) is 12.3. The van der Waals surface area contributed by atoms with Gasteiger partial charge in [0, 0.05) is 18.3 Å². The molecule has 1 saturated heterocycles. The van der Waals surface area contributed by atoms with Crippen molar-refractivity contribution in [2.75, 3.05) is 18.6 Å². The van der Waals surface area contributed by atoms with E-state index in [1.807, 2.05) is 18.2 Å². The third-order valence-corrected chi connectivity index (χ3v) is 6.97. The highest BCUT2D eigenvalue weighted by Crippen LogP contribution is 2.29. The quantitative estimate of drug-likeness (QED) is 0.362. The van der Waals surface area contributed by atoms with E-state index in [9.17, 15) is 14.4 Å². The molecule has 1 aliphatic rings. The number of nitrogens with zero attached hydrogens (tertiary/aromatic N) is 2. The van der Waals surface area contributed by atoms with Crippen LogP contribution in [0.4, 0.5) is 10.5 Å². The van der Waals surface area contributed by atoms with Crippen molar-refractivity contribution in [1.82, 2.24) is 4.57 Å². The van der Waals surface area contributed by atoms with Gasteiger partial charge in [-0.1, -0.05) is 24.9 Å². The minimum atomic E-state index is -0.439. The Morgan fingerprint density at radius 2 is 2.06 bits per heavy atom. The fourth-order valence-corrected chi connectivity index (χ4v) is 5.04. The van der Waals surface area contributed by atoms with Crippen LogP contribution in [0.3, 0.4) is 0 Å². The smallest absolute Gasteiger partial charge is 0.414 e. The van der Waals surface area contributed by atoms with E-state index in [0.29, 0.717) is 27.9 Å². The number of aromatic nitrogens is 1. The number of aryl methyl sites for hydroxylation is 1. The minimum absolute atomic E-state index is 0.00952. The highest BCUT2D eigenvalue weighted by Gasteiger charge is 2.33. The molecule has 178 valence electrons. The molecule has 1 amide bonds. The summed E-state index contributed by atoms with van der Waals surface area (Å²) in [6, 6.07) is 12.4. The van der Waals surface area contributed by atoms with Crippen molar-refractivity contribution in [3.8, 4) is 11.4 Å². The highest BCUT2D eigenvalue weighted by atomic mass is 35.5. The number of carbonyl (C=O) groups excluding carboxylic acids is 2. The lowest BCUT2D eigenvalue weighted by Gasteiger charge is -2.18. The van der Waals surface area contributed by atoms with Gasteiger partial charge in [0.1, 0.15) is 6.10 Å². The van der Waals surface area contributed by atoms with Crippen LogP contribution in [-0.2, 0) is 11.2 Å². The highest BCUT2D eigenvalue weighted by molar-refractivity contribution is 7.18. The van der Waals surface area contributed by atoms with Gasteiger partial charge in [0.25, 0.3) is 5.56 Å². The Kier molecular flexibility index (Phi) is 7.38. The van der Waals surface area contributed by atoms with Crippen molar-refractivity contribution in [1.29, 1.82) is 0 Å². The molecular weight excluding hydrogens is 476 g/mol. The second-order valence-electron chi connectivity index (χ2n) is 8.00. The predicted octanol–water partition coefficient (Wildman–Crippen LogP) is 5.50. The van der Waals surface area contributed by atoms with E-state index in [1.54, 1.807) is 39.9 Å². The van der Waals surface area contributed by atoms with Gasteiger partial charge in [-0.05, 0) is 60.9 Å². The molecule has 0 aliphatic carbocycles. The van der Waals surface area contributed by atoms with Crippen LogP contribution in [0.25, 0.3) is 5.69 Å².